The fraction of sp³-hybridized carbons (Fsp3) is 0.200. The second-order valence-electron chi connectivity index (χ2n) is 4.53. The molecule has 0 unspecified atom stereocenters. The van der Waals surface area contributed by atoms with Crippen LogP contribution in [0.2, 0.25) is 0 Å². The molecule has 4 N–H and O–H groups in total. The van der Waals surface area contributed by atoms with E-state index < -0.39 is 0 Å². The Labute approximate surface area is 102 Å². The van der Waals surface area contributed by atoms with Crippen molar-refractivity contribution in [3.8, 4) is 11.1 Å². The van der Waals surface area contributed by atoms with Gasteiger partial charge in [0.25, 0.3) is 0 Å². The Morgan fingerprint density at radius 3 is 2.00 bits per heavy atom. The molecule has 0 heterocycles. The summed E-state index contributed by atoms with van der Waals surface area (Å²) in [5.41, 5.74) is 19.4. The zero-order valence-electron chi connectivity index (χ0n) is 10.5. The van der Waals surface area contributed by atoms with E-state index in [-0.39, 0.29) is 0 Å². The number of hydrogen-bond acceptors (Lipinski definition) is 2. The van der Waals surface area contributed by atoms with Crippen LogP contribution in [-0.2, 0) is 0 Å². The number of nitrogens with two attached hydrogens (primary N) is 2. The minimum absolute atomic E-state index is 0.788. The van der Waals surface area contributed by atoms with E-state index in [1.54, 1.807) is 0 Å². The van der Waals surface area contributed by atoms with E-state index in [2.05, 4.69) is 32.9 Å². The molecular weight excluding hydrogens is 208 g/mol. The van der Waals surface area contributed by atoms with Crippen LogP contribution in [0, 0.1) is 20.8 Å². The molecular formula is C15H18N2. The summed E-state index contributed by atoms with van der Waals surface area (Å²) in [6, 6.07) is 10.0. The van der Waals surface area contributed by atoms with Crippen LogP contribution in [0.5, 0.6) is 0 Å². The topological polar surface area (TPSA) is 52.0 Å². The zero-order chi connectivity index (χ0) is 12.6. The summed E-state index contributed by atoms with van der Waals surface area (Å²) in [5.74, 6) is 0. The van der Waals surface area contributed by atoms with Gasteiger partial charge in [-0.1, -0.05) is 12.1 Å². The Bertz CT molecular complexity index is 554. The molecule has 17 heavy (non-hydrogen) atoms. The highest BCUT2D eigenvalue weighted by atomic mass is 14.6. The molecule has 0 aliphatic heterocycles. The van der Waals surface area contributed by atoms with E-state index in [9.17, 15) is 0 Å². The lowest BCUT2D eigenvalue weighted by atomic mass is 9.91. The number of hydrogen-bond donors (Lipinski definition) is 2. The minimum atomic E-state index is 0.788. The summed E-state index contributed by atoms with van der Waals surface area (Å²) in [6.07, 6.45) is 0. The Hall–Kier alpha value is -1.96. The van der Waals surface area contributed by atoms with Crippen LogP contribution in [0.15, 0.2) is 30.3 Å². The van der Waals surface area contributed by atoms with E-state index >= 15 is 0 Å². The summed E-state index contributed by atoms with van der Waals surface area (Å²) in [7, 11) is 0. The first-order valence-electron chi connectivity index (χ1n) is 5.73. The third-order valence-electron chi connectivity index (χ3n) is 3.34. The lowest BCUT2D eigenvalue weighted by Gasteiger charge is -2.15. The largest absolute Gasteiger partial charge is 0.399 e. The molecule has 2 aromatic rings. The highest BCUT2D eigenvalue weighted by molar-refractivity contribution is 5.76. The van der Waals surface area contributed by atoms with Gasteiger partial charge in [0.1, 0.15) is 0 Å². The Balaban J connectivity index is 2.67. The number of rotatable bonds is 1. The van der Waals surface area contributed by atoms with Gasteiger partial charge in [-0.05, 0) is 66.8 Å². The maximum absolute atomic E-state index is 5.97. The van der Waals surface area contributed by atoms with Crippen LogP contribution >= 0.6 is 0 Å². The SMILES string of the molecule is Cc1cc(N)c(C)c(C)c1-c1ccc(N)cc1. The molecule has 2 nitrogen and oxygen atoms in total. The van der Waals surface area contributed by atoms with E-state index in [0.717, 1.165) is 16.9 Å². The molecule has 0 atom stereocenters. The molecule has 0 radical (unpaired) electrons. The molecule has 0 saturated heterocycles. The van der Waals surface area contributed by atoms with Gasteiger partial charge in [-0.25, -0.2) is 0 Å². The third-order valence-corrected chi connectivity index (χ3v) is 3.34. The predicted octanol–water partition coefficient (Wildman–Crippen LogP) is 3.44. The molecule has 0 fully saturated rings. The van der Waals surface area contributed by atoms with Gasteiger partial charge in [0, 0.05) is 11.4 Å². The Morgan fingerprint density at radius 1 is 0.824 bits per heavy atom. The lowest BCUT2D eigenvalue weighted by molar-refractivity contribution is 1.30. The molecule has 2 aromatic carbocycles. The standard InChI is InChI=1S/C15H18N2/c1-9-8-14(17)10(2)11(3)15(9)12-4-6-13(16)7-5-12/h4-8H,16-17H2,1-3H3. The van der Waals surface area contributed by atoms with Crippen LogP contribution in [0.4, 0.5) is 11.4 Å². The number of aryl methyl sites for hydroxylation is 1. The first-order chi connectivity index (χ1) is 8.00. The highest BCUT2D eigenvalue weighted by Crippen LogP contribution is 2.32. The molecule has 88 valence electrons. The Kier molecular flexibility index (Phi) is 2.80. The normalized spacial score (nSPS) is 10.5. The molecule has 0 bridgehead atoms. The summed E-state index contributed by atoms with van der Waals surface area (Å²) in [5, 5.41) is 0. The number of nitrogen functional groups attached to an aromatic ring is 2. The maximum atomic E-state index is 5.97. The Morgan fingerprint density at radius 2 is 1.41 bits per heavy atom. The van der Waals surface area contributed by atoms with Crippen molar-refractivity contribution < 1.29 is 0 Å². The van der Waals surface area contributed by atoms with Crippen LogP contribution < -0.4 is 11.5 Å². The smallest absolute Gasteiger partial charge is 0.0349 e. The molecule has 0 saturated carbocycles. The average molecular weight is 226 g/mol. The van der Waals surface area contributed by atoms with Crippen LogP contribution in [0.1, 0.15) is 16.7 Å². The second-order valence-corrected chi connectivity index (χ2v) is 4.53. The summed E-state index contributed by atoms with van der Waals surface area (Å²) in [4.78, 5) is 0. The molecule has 0 aromatic heterocycles. The van der Waals surface area contributed by atoms with Gasteiger partial charge in [0.2, 0.25) is 0 Å². The van der Waals surface area contributed by atoms with Crippen LogP contribution in [0.3, 0.4) is 0 Å². The van der Waals surface area contributed by atoms with E-state index in [1.807, 2.05) is 18.2 Å². The summed E-state index contributed by atoms with van der Waals surface area (Å²) in [6.45, 7) is 6.27. The van der Waals surface area contributed by atoms with Gasteiger partial charge in [-0.3, -0.25) is 0 Å². The zero-order valence-corrected chi connectivity index (χ0v) is 10.5. The van der Waals surface area contributed by atoms with Gasteiger partial charge in [-0.15, -0.1) is 0 Å². The van der Waals surface area contributed by atoms with E-state index in [0.29, 0.717) is 0 Å². The monoisotopic (exact) mass is 226 g/mol. The maximum Gasteiger partial charge on any atom is 0.0349 e. The highest BCUT2D eigenvalue weighted by Gasteiger charge is 2.10. The third kappa shape index (κ3) is 1.98. The molecule has 2 rings (SSSR count). The second kappa shape index (κ2) is 4.13. The van der Waals surface area contributed by atoms with Gasteiger partial charge >= 0.3 is 0 Å². The fourth-order valence-corrected chi connectivity index (χ4v) is 2.21. The fourth-order valence-electron chi connectivity index (χ4n) is 2.21. The predicted molar refractivity (Wildman–Crippen MR) is 74.9 cm³/mol. The molecule has 0 amide bonds. The average Bonchev–Trinajstić information content (AvgIpc) is 2.29. The lowest BCUT2D eigenvalue weighted by Crippen LogP contribution is -1.98. The van der Waals surface area contributed by atoms with Crippen molar-refractivity contribution in [2.24, 2.45) is 0 Å². The minimum Gasteiger partial charge on any atom is -0.399 e. The van der Waals surface area contributed by atoms with E-state index in [1.165, 1.54) is 22.3 Å². The van der Waals surface area contributed by atoms with Crippen LogP contribution in [0.25, 0.3) is 11.1 Å². The molecule has 2 heteroatoms. The molecule has 0 spiro atoms. The number of anilines is 2. The van der Waals surface area contributed by atoms with Crippen molar-refractivity contribution in [2.75, 3.05) is 11.5 Å². The summed E-state index contributed by atoms with van der Waals surface area (Å²) >= 11 is 0. The van der Waals surface area contributed by atoms with Gasteiger partial charge < -0.3 is 11.5 Å². The van der Waals surface area contributed by atoms with Crippen molar-refractivity contribution >= 4 is 11.4 Å². The van der Waals surface area contributed by atoms with Crippen molar-refractivity contribution in [2.45, 2.75) is 20.8 Å². The van der Waals surface area contributed by atoms with Crippen molar-refractivity contribution in [3.63, 3.8) is 0 Å². The van der Waals surface area contributed by atoms with Crippen molar-refractivity contribution in [1.82, 2.24) is 0 Å². The summed E-state index contributed by atoms with van der Waals surface area (Å²) < 4.78 is 0. The molecule has 0 aliphatic carbocycles. The molecule has 0 aliphatic rings. The van der Waals surface area contributed by atoms with E-state index in [4.69, 9.17) is 11.5 Å². The van der Waals surface area contributed by atoms with Crippen LogP contribution in [-0.4, -0.2) is 0 Å². The quantitative estimate of drug-likeness (QED) is 0.732. The first-order valence-corrected chi connectivity index (χ1v) is 5.73. The van der Waals surface area contributed by atoms with Gasteiger partial charge in [0.15, 0.2) is 0 Å². The van der Waals surface area contributed by atoms with Gasteiger partial charge in [-0.2, -0.15) is 0 Å². The van der Waals surface area contributed by atoms with Gasteiger partial charge in [0.05, 0.1) is 0 Å². The first kappa shape index (κ1) is 11.5. The number of benzene rings is 2. The van der Waals surface area contributed by atoms with Crippen molar-refractivity contribution in [3.05, 3.63) is 47.0 Å². The van der Waals surface area contributed by atoms with Crippen molar-refractivity contribution in [1.29, 1.82) is 0 Å².